The number of rotatable bonds is 3. The monoisotopic (exact) mass is 268 g/mol. The lowest BCUT2D eigenvalue weighted by molar-refractivity contribution is 0.415. The highest BCUT2D eigenvalue weighted by Gasteiger charge is 2.02. The molecule has 0 unspecified atom stereocenters. The van der Waals surface area contributed by atoms with Crippen molar-refractivity contribution in [3.8, 4) is 5.75 Å². The van der Waals surface area contributed by atoms with Crippen LogP contribution in [0.5, 0.6) is 5.75 Å². The minimum atomic E-state index is 0.439. The van der Waals surface area contributed by atoms with E-state index in [4.69, 9.17) is 27.9 Å². The largest absolute Gasteiger partial charge is 0.495 e. The summed E-state index contributed by atoms with van der Waals surface area (Å²) in [6, 6.07) is 9.02. The Bertz CT molecular complexity index is 532. The lowest BCUT2D eigenvalue weighted by atomic mass is 10.3. The Morgan fingerprint density at radius 1 is 1.12 bits per heavy atom. The molecule has 0 aliphatic heterocycles. The quantitative estimate of drug-likeness (QED) is 0.850. The Hall–Kier alpha value is -1.45. The topological polar surface area (TPSA) is 34.1 Å². The van der Waals surface area contributed by atoms with Crippen LogP contribution in [0.2, 0.25) is 10.2 Å². The van der Waals surface area contributed by atoms with E-state index in [-0.39, 0.29) is 0 Å². The molecule has 0 atom stereocenters. The zero-order valence-corrected chi connectivity index (χ0v) is 10.6. The van der Waals surface area contributed by atoms with Gasteiger partial charge in [0.25, 0.3) is 0 Å². The number of nitrogens with zero attached hydrogens (tertiary/aromatic N) is 1. The van der Waals surface area contributed by atoms with E-state index in [0.29, 0.717) is 15.9 Å². The molecule has 1 N–H and O–H groups in total. The summed E-state index contributed by atoms with van der Waals surface area (Å²) in [5.41, 5.74) is 1.71. The first kappa shape index (κ1) is 12.0. The average molecular weight is 269 g/mol. The molecule has 1 aromatic heterocycles. The van der Waals surface area contributed by atoms with Crippen molar-refractivity contribution in [2.45, 2.75) is 0 Å². The minimum Gasteiger partial charge on any atom is -0.495 e. The number of anilines is 2. The van der Waals surface area contributed by atoms with E-state index in [1.807, 2.05) is 12.1 Å². The molecule has 1 aromatic carbocycles. The third-order valence-electron chi connectivity index (χ3n) is 2.17. The van der Waals surface area contributed by atoms with Crippen LogP contribution in [0.4, 0.5) is 11.4 Å². The van der Waals surface area contributed by atoms with Crippen LogP contribution in [0.1, 0.15) is 0 Å². The minimum absolute atomic E-state index is 0.439. The molecular formula is C12H10Cl2N2O. The van der Waals surface area contributed by atoms with Gasteiger partial charge in [-0.25, -0.2) is 4.98 Å². The number of hydrogen-bond donors (Lipinski definition) is 1. The van der Waals surface area contributed by atoms with E-state index >= 15 is 0 Å². The zero-order valence-electron chi connectivity index (χ0n) is 9.08. The molecule has 0 saturated carbocycles. The lowest BCUT2D eigenvalue weighted by Gasteiger charge is -2.08. The summed E-state index contributed by atoms with van der Waals surface area (Å²) < 4.78 is 5.08. The van der Waals surface area contributed by atoms with Crippen LogP contribution in [-0.2, 0) is 0 Å². The first-order chi connectivity index (χ1) is 8.19. The molecule has 2 rings (SSSR count). The summed E-state index contributed by atoms with van der Waals surface area (Å²) >= 11 is 11.8. The molecule has 0 aliphatic rings. The number of pyridine rings is 1. The van der Waals surface area contributed by atoms with Crippen molar-refractivity contribution in [3.05, 3.63) is 46.7 Å². The Kier molecular flexibility index (Phi) is 3.71. The summed E-state index contributed by atoms with van der Waals surface area (Å²) in [6.07, 6.45) is 1.63. The van der Waals surface area contributed by atoms with Crippen molar-refractivity contribution < 1.29 is 4.74 Å². The van der Waals surface area contributed by atoms with E-state index in [1.165, 1.54) is 0 Å². The maximum Gasteiger partial charge on any atom is 0.137 e. The summed E-state index contributed by atoms with van der Waals surface area (Å²) in [4.78, 5) is 3.91. The van der Waals surface area contributed by atoms with Crippen LogP contribution in [0.25, 0.3) is 0 Å². The third-order valence-corrected chi connectivity index (χ3v) is 2.67. The fourth-order valence-corrected chi connectivity index (χ4v) is 1.82. The predicted octanol–water partition coefficient (Wildman–Crippen LogP) is 4.14. The standard InChI is InChI=1S/C12H10Cl2N2O/c1-17-11-3-2-8(6-10(11)13)16-9-4-5-15-12(14)7-9/h2-7H,1H3,(H,15,16). The van der Waals surface area contributed by atoms with E-state index in [1.54, 1.807) is 31.5 Å². The van der Waals surface area contributed by atoms with Gasteiger partial charge in [0.05, 0.1) is 12.1 Å². The van der Waals surface area contributed by atoms with Crippen LogP contribution in [-0.4, -0.2) is 12.1 Å². The van der Waals surface area contributed by atoms with E-state index in [9.17, 15) is 0 Å². The van der Waals surface area contributed by atoms with E-state index in [2.05, 4.69) is 10.3 Å². The van der Waals surface area contributed by atoms with Gasteiger partial charge in [0.2, 0.25) is 0 Å². The van der Waals surface area contributed by atoms with Gasteiger partial charge in [0.15, 0.2) is 0 Å². The molecule has 0 saturated heterocycles. The number of methoxy groups -OCH3 is 1. The summed E-state index contributed by atoms with van der Waals surface area (Å²) in [6.45, 7) is 0. The van der Waals surface area contributed by atoms with Crippen LogP contribution >= 0.6 is 23.2 Å². The number of aromatic nitrogens is 1. The lowest BCUT2D eigenvalue weighted by Crippen LogP contribution is -1.92. The van der Waals surface area contributed by atoms with Gasteiger partial charge in [-0.05, 0) is 30.3 Å². The maximum atomic E-state index is 6.02. The summed E-state index contributed by atoms with van der Waals surface area (Å²) in [5.74, 6) is 0.643. The Morgan fingerprint density at radius 2 is 1.88 bits per heavy atom. The van der Waals surface area contributed by atoms with Gasteiger partial charge >= 0.3 is 0 Å². The Morgan fingerprint density at radius 3 is 2.53 bits per heavy atom. The van der Waals surface area contributed by atoms with Gasteiger partial charge in [0, 0.05) is 17.6 Å². The highest BCUT2D eigenvalue weighted by Crippen LogP contribution is 2.28. The van der Waals surface area contributed by atoms with Gasteiger partial charge in [-0.1, -0.05) is 23.2 Å². The summed E-state index contributed by atoms with van der Waals surface area (Å²) in [5, 5.41) is 4.17. The van der Waals surface area contributed by atoms with Crippen molar-refractivity contribution in [3.63, 3.8) is 0 Å². The van der Waals surface area contributed by atoms with Gasteiger partial charge in [-0.3, -0.25) is 0 Å². The highest BCUT2D eigenvalue weighted by molar-refractivity contribution is 6.32. The Balaban J connectivity index is 2.22. The first-order valence-electron chi connectivity index (χ1n) is 4.91. The fraction of sp³-hybridized carbons (Fsp3) is 0.0833. The van der Waals surface area contributed by atoms with E-state index < -0.39 is 0 Å². The predicted molar refractivity (Wildman–Crippen MR) is 70.5 cm³/mol. The number of nitrogens with one attached hydrogen (secondary N) is 1. The molecule has 0 aliphatic carbocycles. The first-order valence-corrected chi connectivity index (χ1v) is 5.67. The molecular weight excluding hydrogens is 259 g/mol. The molecule has 0 bridgehead atoms. The van der Waals surface area contributed by atoms with Crippen molar-refractivity contribution in [2.75, 3.05) is 12.4 Å². The van der Waals surface area contributed by atoms with Gasteiger partial charge in [-0.2, -0.15) is 0 Å². The number of hydrogen-bond acceptors (Lipinski definition) is 3. The highest BCUT2D eigenvalue weighted by atomic mass is 35.5. The second-order valence-electron chi connectivity index (χ2n) is 3.34. The van der Waals surface area contributed by atoms with Crippen molar-refractivity contribution >= 4 is 34.6 Å². The van der Waals surface area contributed by atoms with E-state index in [0.717, 1.165) is 11.4 Å². The van der Waals surface area contributed by atoms with Crippen molar-refractivity contribution in [2.24, 2.45) is 0 Å². The van der Waals surface area contributed by atoms with Gasteiger partial charge < -0.3 is 10.1 Å². The molecule has 17 heavy (non-hydrogen) atoms. The number of benzene rings is 1. The van der Waals surface area contributed by atoms with Crippen LogP contribution in [0.3, 0.4) is 0 Å². The zero-order chi connectivity index (χ0) is 12.3. The summed E-state index contributed by atoms with van der Waals surface area (Å²) in [7, 11) is 1.58. The molecule has 88 valence electrons. The van der Waals surface area contributed by atoms with Gasteiger partial charge in [-0.15, -0.1) is 0 Å². The molecule has 0 fully saturated rings. The molecule has 0 amide bonds. The average Bonchev–Trinajstić information content (AvgIpc) is 2.29. The van der Waals surface area contributed by atoms with Crippen LogP contribution in [0.15, 0.2) is 36.5 Å². The molecule has 1 heterocycles. The maximum absolute atomic E-state index is 6.02. The molecule has 3 nitrogen and oxygen atoms in total. The molecule has 0 radical (unpaired) electrons. The molecule has 5 heteroatoms. The van der Waals surface area contributed by atoms with Crippen LogP contribution < -0.4 is 10.1 Å². The normalized spacial score (nSPS) is 10.1. The smallest absolute Gasteiger partial charge is 0.137 e. The number of halogens is 2. The Labute approximate surface area is 109 Å². The molecule has 2 aromatic rings. The second kappa shape index (κ2) is 5.25. The number of ether oxygens (including phenoxy) is 1. The SMILES string of the molecule is COc1ccc(Nc2ccnc(Cl)c2)cc1Cl. The molecule has 0 spiro atoms. The fourth-order valence-electron chi connectivity index (χ4n) is 1.39. The second-order valence-corrected chi connectivity index (χ2v) is 4.14. The van der Waals surface area contributed by atoms with Crippen LogP contribution in [0, 0.1) is 0 Å². The third kappa shape index (κ3) is 3.02. The van der Waals surface area contributed by atoms with Crippen molar-refractivity contribution in [1.82, 2.24) is 4.98 Å². The van der Waals surface area contributed by atoms with Crippen molar-refractivity contribution in [1.29, 1.82) is 0 Å². The van der Waals surface area contributed by atoms with Gasteiger partial charge in [0.1, 0.15) is 10.9 Å².